The summed E-state index contributed by atoms with van der Waals surface area (Å²) in [5.74, 6) is 2.28. The fourth-order valence-electron chi connectivity index (χ4n) is 5.16. The number of ether oxygens (including phenoxy) is 2. The predicted octanol–water partition coefficient (Wildman–Crippen LogP) is 5.87. The molecule has 0 amide bonds. The molecule has 2 aliphatic heterocycles. The summed E-state index contributed by atoms with van der Waals surface area (Å²) >= 11 is 0. The van der Waals surface area contributed by atoms with E-state index in [9.17, 15) is 5.11 Å². The lowest BCUT2D eigenvalue weighted by Crippen LogP contribution is -2.33. The van der Waals surface area contributed by atoms with Crippen molar-refractivity contribution in [3.05, 3.63) is 89.0 Å². The minimum Gasteiger partial charge on any atom is -0.508 e. The van der Waals surface area contributed by atoms with Crippen LogP contribution >= 0.6 is 0 Å². The van der Waals surface area contributed by atoms with Gasteiger partial charge in [0.05, 0.1) is 6.61 Å². The van der Waals surface area contributed by atoms with Gasteiger partial charge in [0.1, 0.15) is 23.9 Å². The molecule has 0 bridgehead atoms. The second kappa shape index (κ2) is 9.88. The number of fused-ring (bicyclic) bond motifs is 1. The van der Waals surface area contributed by atoms with E-state index in [0.29, 0.717) is 6.61 Å². The zero-order chi connectivity index (χ0) is 22.6. The first-order chi connectivity index (χ1) is 16.2. The summed E-state index contributed by atoms with van der Waals surface area (Å²) in [7, 11) is 0. The molecule has 2 aliphatic rings. The van der Waals surface area contributed by atoms with Gasteiger partial charge in [0.25, 0.3) is 0 Å². The summed E-state index contributed by atoms with van der Waals surface area (Å²) < 4.78 is 12.2. The first kappa shape index (κ1) is 21.8. The van der Waals surface area contributed by atoms with Crippen molar-refractivity contribution in [1.29, 1.82) is 0 Å². The van der Waals surface area contributed by atoms with Crippen molar-refractivity contribution in [3.63, 3.8) is 0 Å². The molecule has 1 saturated heterocycles. The molecule has 1 fully saturated rings. The third kappa shape index (κ3) is 5.01. The Morgan fingerprint density at radius 2 is 1.64 bits per heavy atom. The molecule has 0 saturated carbocycles. The fraction of sp³-hybridized carbons (Fsp3) is 0.379. The maximum absolute atomic E-state index is 9.97. The van der Waals surface area contributed by atoms with Gasteiger partial charge in [-0.05, 0) is 62.2 Å². The third-order valence-electron chi connectivity index (χ3n) is 7.02. The number of piperidine rings is 1. The fourth-order valence-corrected chi connectivity index (χ4v) is 5.16. The highest BCUT2D eigenvalue weighted by atomic mass is 16.5. The van der Waals surface area contributed by atoms with Gasteiger partial charge in [-0.25, -0.2) is 0 Å². The smallest absolute Gasteiger partial charge is 0.126 e. The predicted molar refractivity (Wildman–Crippen MR) is 132 cm³/mol. The van der Waals surface area contributed by atoms with Crippen LogP contribution in [-0.2, 0) is 0 Å². The van der Waals surface area contributed by atoms with E-state index in [1.165, 1.54) is 49.0 Å². The lowest BCUT2D eigenvalue weighted by molar-refractivity contribution is 0.183. The van der Waals surface area contributed by atoms with Crippen LogP contribution in [0.15, 0.2) is 66.7 Å². The molecule has 0 aliphatic carbocycles. The van der Waals surface area contributed by atoms with Crippen molar-refractivity contribution in [3.8, 4) is 17.2 Å². The number of nitrogens with zero attached hydrogens (tertiary/aromatic N) is 1. The second-order valence-electron chi connectivity index (χ2n) is 9.35. The molecule has 2 heterocycles. The first-order valence-corrected chi connectivity index (χ1v) is 12.1. The number of benzene rings is 3. The molecule has 0 spiro atoms. The van der Waals surface area contributed by atoms with Gasteiger partial charge >= 0.3 is 0 Å². The standard InChI is InChI=1S/C29H33NO3/c1-21-5-7-22(8-6-21)27-20-33-28-19-24(31)11-14-26(28)29(27)23-9-12-25(13-10-23)32-18-17-30-15-3-2-4-16-30/h5-14,19,27,29,31H,2-4,15-18,20H2,1H3/t27-,29-/m0/s1. The van der Waals surface area contributed by atoms with E-state index in [-0.39, 0.29) is 17.6 Å². The summed E-state index contributed by atoms with van der Waals surface area (Å²) in [6.45, 7) is 6.81. The first-order valence-electron chi connectivity index (χ1n) is 12.1. The summed E-state index contributed by atoms with van der Waals surface area (Å²) in [4.78, 5) is 2.50. The highest BCUT2D eigenvalue weighted by molar-refractivity contribution is 5.51. The van der Waals surface area contributed by atoms with E-state index in [0.717, 1.165) is 30.2 Å². The molecular weight excluding hydrogens is 410 g/mol. The molecular formula is C29H33NO3. The van der Waals surface area contributed by atoms with Gasteiger partial charge in [-0.1, -0.05) is 54.4 Å². The van der Waals surface area contributed by atoms with Gasteiger partial charge in [-0.3, -0.25) is 4.90 Å². The largest absolute Gasteiger partial charge is 0.508 e. The Bertz CT molecular complexity index is 1060. The van der Waals surface area contributed by atoms with E-state index in [1.54, 1.807) is 12.1 Å². The summed E-state index contributed by atoms with van der Waals surface area (Å²) in [6.07, 6.45) is 3.97. The third-order valence-corrected chi connectivity index (χ3v) is 7.02. The number of likely N-dealkylation sites (tertiary alicyclic amines) is 1. The van der Waals surface area contributed by atoms with Gasteiger partial charge in [-0.2, -0.15) is 0 Å². The number of phenolic OH excluding ortho intramolecular Hbond substituents is 1. The summed E-state index contributed by atoms with van der Waals surface area (Å²) in [5.41, 5.74) is 4.87. The Morgan fingerprint density at radius 1 is 0.909 bits per heavy atom. The molecule has 0 aromatic heterocycles. The average molecular weight is 444 g/mol. The highest BCUT2D eigenvalue weighted by Gasteiger charge is 2.33. The van der Waals surface area contributed by atoms with E-state index in [2.05, 4.69) is 60.4 Å². The minimum absolute atomic E-state index is 0.152. The van der Waals surface area contributed by atoms with E-state index >= 15 is 0 Å². The summed E-state index contributed by atoms with van der Waals surface area (Å²) in [6, 6.07) is 22.8. The van der Waals surface area contributed by atoms with Crippen molar-refractivity contribution >= 4 is 0 Å². The van der Waals surface area contributed by atoms with Crippen molar-refractivity contribution in [2.75, 3.05) is 32.8 Å². The van der Waals surface area contributed by atoms with Gasteiger partial charge in [0, 0.05) is 30.0 Å². The molecule has 3 aromatic carbocycles. The van der Waals surface area contributed by atoms with Gasteiger partial charge in [0.15, 0.2) is 0 Å². The van der Waals surface area contributed by atoms with Crippen LogP contribution in [-0.4, -0.2) is 42.9 Å². The monoisotopic (exact) mass is 443 g/mol. The quantitative estimate of drug-likeness (QED) is 0.517. The Hall–Kier alpha value is -2.98. The van der Waals surface area contributed by atoms with E-state index < -0.39 is 0 Å². The van der Waals surface area contributed by atoms with Crippen LogP contribution in [0.3, 0.4) is 0 Å². The number of aromatic hydroxyl groups is 1. The van der Waals surface area contributed by atoms with E-state index in [1.807, 2.05) is 6.07 Å². The van der Waals surface area contributed by atoms with Crippen molar-refractivity contribution in [2.45, 2.75) is 38.0 Å². The highest BCUT2D eigenvalue weighted by Crippen LogP contribution is 2.47. The SMILES string of the molecule is Cc1ccc([C@@H]2COc3cc(O)ccc3[C@@H]2c2ccc(OCCN3CCCCC3)cc2)cc1. The zero-order valence-corrected chi connectivity index (χ0v) is 19.4. The average Bonchev–Trinajstić information content (AvgIpc) is 2.85. The van der Waals surface area contributed by atoms with Crippen molar-refractivity contribution < 1.29 is 14.6 Å². The minimum atomic E-state index is 0.152. The number of rotatable bonds is 6. The Balaban J connectivity index is 1.36. The van der Waals surface area contributed by atoms with Crippen LogP contribution in [0, 0.1) is 6.92 Å². The Morgan fingerprint density at radius 3 is 2.39 bits per heavy atom. The van der Waals surface area contributed by atoms with Gasteiger partial charge in [0.2, 0.25) is 0 Å². The zero-order valence-electron chi connectivity index (χ0n) is 19.4. The molecule has 172 valence electrons. The molecule has 33 heavy (non-hydrogen) atoms. The van der Waals surface area contributed by atoms with Crippen molar-refractivity contribution in [1.82, 2.24) is 4.90 Å². The molecule has 5 rings (SSSR count). The lowest BCUT2D eigenvalue weighted by atomic mass is 9.76. The number of hydrogen-bond acceptors (Lipinski definition) is 4. The van der Waals surface area contributed by atoms with Crippen LogP contribution in [0.2, 0.25) is 0 Å². The molecule has 0 radical (unpaired) electrons. The second-order valence-corrected chi connectivity index (χ2v) is 9.35. The normalized spacial score (nSPS) is 20.6. The molecule has 2 atom stereocenters. The maximum Gasteiger partial charge on any atom is 0.126 e. The van der Waals surface area contributed by atoms with Gasteiger partial charge < -0.3 is 14.6 Å². The maximum atomic E-state index is 9.97. The number of phenols is 1. The lowest BCUT2D eigenvalue weighted by Gasteiger charge is -2.34. The van der Waals surface area contributed by atoms with Crippen LogP contribution in [0.4, 0.5) is 0 Å². The van der Waals surface area contributed by atoms with Crippen LogP contribution in [0.25, 0.3) is 0 Å². The van der Waals surface area contributed by atoms with Crippen LogP contribution in [0.1, 0.15) is 53.4 Å². The topological polar surface area (TPSA) is 41.9 Å². The Labute approximate surface area is 196 Å². The summed E-state index contributed by atoms with van der Waals surface area (Å²) in [5, 5.41) is 9.97. The van der Waals surface area contributed by atoms with E-state index in [4.69, 9.17) is 9.47 Å². The van der Waals surface area contributed by atoms with Crippen LogP contribution in [0.5, 0.6) is 17.2 Å². The molecule has 0 unspecified atom stereocenters. The van der Waals surface area contributed by atoms with Crippen LogP contribution < -0.4 is 9.47 Å². The molecule has 1 N–H and O–H groups in total. The molecule has 4 heteroatoms. The molecule has 3 aromatic rings. The Kier molecular flexibility index (Phi) is 6.54. The number of aryl methyl sites for hydroxylation is 1. The number of hydrogen-bond donors (Lipinski definition) is 1. The van der Waals surface area contributed by atoms with Crippen molar-refractivity contribution in [2.24, 2.45) is 0 Å². The van der Waals surface area contributed by atoms with Gasteiger partial charge in [-0.15, -0.1) is 0 Å². The molecule has 4 nitrogen and oxygen atoms in total.